The van der Waals surface area contributed by atoms with E-state index in [0.717, 1.165) is 38.5 Å². The second-order valence-corrected chi connectivity index (χ2v) is 10.9. The van der Waals surface area contributed by atoms with Gasteiger partial charge < -0.3 is 20.7 Å². The molecule has 0 spiro atoms. The molecule has 3 N–H and O–H groups in total. The van der Waals surface area contributed by atoms with Gasteiger partial charge in [-0.05, 0) is 50.8 Å². The Bertz CT molecular complexity index is 970. The van der Waals surface area contributed by atoms with Crippen LogP contribution in [-0.2, 0) is 9.53 Å². The van der Waals surface area contributed by atoms with Crippen LogP contribution in [0.2, 0.25) is 0 Å². The molecule has 0 aliphatic carbocycles. The van der Waals surface area contributed by atoms with Gasteiger partial charge in [-0.3, -0.25) is 14.4 Å². The SMILES string of the molecule is C/C=C/C=C/C(=O)OCCCCNC(=O)c1cc(C(=O)NCCCCCCCC)cc(C(=O)NCCCCCCCC)c1. The highest BCUT2D eigenvalue weighted by Gasteiger charge is 2.16. The van der Waals surface area contributed by atoms with Crippen molar-refractivity contribution in [1.29, 1.82) is 0 Å². The minimum atomic E-state index is -0.406. The van der Waals surface area contributed by atoms with Crippen LogP contribution in [0.5, 0.6) is 0 Å². The van der Waals surface area contributed by atoms with Crippen molar-refractivity contribution >= 4 is 23.7 Å². The molecular formula is C35H55N3O5. The predicted octanol–water partition coefficient (Wildman–Crippen LogP) is 7.05. The molecule has 0 fully saturated rings. The zero-order valence-corrected chi connectivity index (χ0v) is 26.8. The number of rotatable bonds is 24. The molecule has 8 heteroatoms. The normalized spacial score (nSPS) is 11.1. The third-order valence-electron chi connectivity index (χ3n) is 6.99. The lowest BCUT2D eigenvalue weighted by Crippen LogP contribution is -2.29. The maximum atomic E-state index is 13.0. The highest BCUT2D eigenvalue weighted by atomic mass is 16.5. The minimum absolute atomic E-state index is 0.256. The lowest BCUT2D eigenvalue weighted by molar-refractivity contribution is -0.137. The lowest BCUT2D eigenvalue weighted by atomic mass is 10.0. The third-order valence-corrected chi connectivity index (χ3v) is 6.99. The summed E-state index contributed by atoms with van der Waals surface area (Å²) in [6.45, 7) is 7.96. The molecule has 1 aromatic rings. The number of carbonyl (C=O) groups is 4. The fourth-order valence-electron chi connectivity index (χ4n) is 4.44. The van der Waals surface area contributed by atoms with Crippen molar-refractivity contribution < 1.29 is 23.9 Å². The summed E-state index contributed by atoms with van der Waals surface area (Å²) >= 11 is 0. The quantitative estimate of drug-likeness (QED) is 0.0511. The van der Waals surface area contributed by atoms with Crippen LogP contribution in [0.3, 0.4) is 0 Å². The van der Waals surface area contributed by atoms with E-state index in [1.54, 1.807) is 18.2 Å². The van der Waals surface area contributed by atoms with Gasteiger partial charge in [0, 0.05) is 42.4 Å². The molecule has 0 atom stereocenters. The largest absolute Gasteiger partial charge is 0.463 e. The average molecular weight is 598 g/mol. The minimum Gasteiger partial charge on any atom is -0.463 e. The summed E-state index contributed by atoms with van der Waals surface area (Å²) in [5.74, 6) is -1.35. The van der Waals surface area contributed by atoms with Gasteiger partial charge in [-0.15, -0.1) is 0 Å². The van der Waals surface area contributed by atoms with Crippen LogP contribution in [0.15, 0.2) is 42.5 Å². The molecule has 0 aromatic heterocycles. The topological polar surface area (TPSA) is 114 Å². The number of amides is 3. The van der Waals surface area contributed by atoms with Crippen LogP contribution in [0.25, 0.3) is 0 Å². The van der Waals surface area contributed by atoms with Gasteiger partial charge in [-0.2, -0.15) is 0 Å². The number of esters is 1. The van der Waals surface area contributed by atoms with Crippen LogP contribution in [0.1, 0.15) is 142 Å². The van der Waals surface area contributed by atoms with Crippen molar-refractivity contribution in [3.63, 3.8) is 0 Å². The standard InChI is InChI=1S/C35H55N3O5/c1-4-7-10-12-14-17-22-36-33(40)29-26-30(34(41)37-23-18-15-13-11-8-5-2)28-31(27-29)35(42)38-24-19-20-25-43-32(39)21-16-9-6-3/h6,9,16,21,26-28H,4-5,7-8,10-15,17-20,22-25H2,1-3H3,(H,36,40)(H,37,41)(H,38,42)/b9-6+,21-16+. The molecule has 0 unspecified atom stereocenters. The summed E-state index contributed by atoms with van der Waals surface area (Å²) < 4.78 is 5.13. The Labute approximate surface area is 259 Å². The predicted molar refractivity (Wildman–Crippen MR) is 174 cm³/mol. The monoisotopic (exact) mass is 597 g/mol. The van der Waals surface area contributed by atoms with Crippen molar-refractivity contribution in [3.8, 4) is 0 Å². The van der Waals surface area contributed by atoms with Gasteiger partial charge in [0.1, 0.15) is 0 Å². The van der Waals surface area contributed by atoms with Crippen molar-refractivity contribution in [2.45, 2.75) is 111 Å². The molecule has 0 aliphatic rings. The van der Waals surface area contributed by atoms with Crippen molar-refractivity contribution in [1.82, 2.24) is 16.0 Å². The Hall–Kier alpha value is -3.42. The zero-order chi connectivity index (χ0) is 31.5. The van der Waals surface area contributed by atoms with Crippen molar-refractivity contribution in [3.05, 3.63) is 59.2 Å². The van der Waals surface area contributed by atoms with Gasteiger partial charge >= 0.3 is 5.97 Å². The van der Waals surface area contributed by atoms with E-state index in [-0.39, 0.29) is 29.9 Å². The van der Waals surface area contributed by atoms with Crippen molar-refractivity contribution in [2.24, 2.45) is 0 Å². The van der Waals surface area contributed by atoms with Gasteiger partial charge in [-0.1, -0.05) is 96.3 Å². The Morgan fingerprint density at radius 3 is 1.40 bits per heavy atom. The maximum absolute atomic E-state index is 13.0. The number of nitrogens with one attached hydrogen (secondary N) is 3. The Morgan fingerprint density at radius 1 is 0.581 bits per heavy atom. The molecule has 0 bridgehead atoms. The van der Waals surface area contributed by atoms with Crippen molar-refractivity contribution in [2.75, 3.05) is 26.2 Å². The molecule has 0 aliphatic heterocycles. The molecule has 1 rings (SSSR count). The lowest BCUT2D eigenvalue weighted by Gasteiger charge is -2.12. The number of allylic oxidation sites excluding steroid dienone is 3. The fourth-order valence-corrected chi connectivity index (χ4v) is 4.44. The second-order valence-electron chi connectivity index (χ2n) is 10.9. The summed E-state index contributed by atoms with van der Waals surface area (Å²) in [4.78, 5) is 50.5. The second kappa shape index (κ2) is 25.1. The highest BCUT2D eigenvalue weighted by molar-refractivity contribution is 6.04. The molecule has 0 saturated carbocycles. The Morgan fingerprint density at radius 2 is 0.977 bits per heavy atom. The van der Waals surface area contributed by atoms with Crippen LogP contribution >= 0.6 is 0 Å². The van der Waals surface area contributed by atoms with E-state index in [0.29, 0.717) is 43.6 Å². The van der Waals surface area contributed by atoms with E-state index in [4.69, 9.17) is 4.74 Å². The Kier molecular flexibility index (Phi) is 22.0. The number of hydrogen-bond donors (Lipinski definition) is 3. The first-order valence-electron chi connectivity index (χ1n) is 16.4. The van der Waals surface area contributed by atoms with Crippen LogP contribution in [0.4, 0.5) is 0 Å². The molecule has 0 heterocycles. The maximum Gasteiger partial charge on any atom is 0.330 e. The highest BCUT2D eigenvalue weighted by Crippen LogP contribution is 2.13. The van der Waals surface area contributed by atoms with E-state index in [2.05, 4.69) is 29.8 Å². The molecule has 3 amide bonds. The molecule has 8 nitrogen and oxygen atoms in total. The van der Waals surface area contributed by atoms with Gasteiger partial charge in [0.15, 0.2) is 0 Å². The summed E-state index contributed by atoms with van der Waals surface area (Å²) in [6.07, 6.45) is 21.2. The third kappa shape index (κ3) is 18.7. The average Bonchev–Trinajstić information content (AvgIpc) is 3.01. The first kappa shape index (κ1) is 37.6. The van der Waals surface area contributed by atoms with Gasteiger partial charge in [-0.25, -0.2) is 4.79 Å². The molecule has 0 radical (unpaired) electrons. The van der Waals surface area contributed by atoms with Gasteiger partial charge in [0.2, 0.25) is 0 Å². The van der Waals surface area contributed by atoms with Crippen LogP contribution < -0.4 is 16.0 Å². The molecule has 0 saturated heterocycles. The van der Waals surface area contributed by atoms with Crippen LogP contribution in [0, 0.1) is 0 Å². The zero-order valence-electron chi connectivity index (χ0n) is 26.8. The molecule has 240 valence electrons. The van der Waals surface area contributed by atoms with Gasteiger partial charge in [0.25, 0.3) is 17.7 Å². The summed E-state index contributed by atoms with van der Waals surface area (Å²) in [5.41, 5.74) is 0.847. The number of carbonyl (C=O) groups excluding carboxylic acids is 4. The smallest absolute Gasteiger partial charge is 0.330 e. The Balaban J connectivity index is 2.72. The summed E-state index contributed by atoms with van der Waals surface area (Å²) in [5, 5.41) is 8.72. The summed E-state index contributed by atoms with van der Waals surface area (Å²) in [6, 6.07) is 4.63. The van der Waals surface area contributed by atoms with E-state index in [9.17, 15) is 19.2 Å². The first-order chi connectivity index (χ1) is 20.9. The number of unbranched alkanes of at least 4 members (excludes halogenated alkanes) is 11. The number of hydrogen-bond acceptors (Lipinski definition) is 5. The molecule has 1 aromatic carbocycles. The van der Waals surface area contributed by atoms with E-state index in [1.165, 1.54) is 56.7 Å². The number of ether oxygens (including phenoxy) is 1. The molecular weight excluding hydrogens is 542 g/mol. The molecule has 43 heavy (non-hydrogen) atoms. The van der Waals surface area contributed by atoms with Gasteiger partial charge in [0.05, 0.1) is 6.61 Å². The first-order valence-corrected chi connectivity index (χ1v) is 16.4. The number of benzene rings is 1. The van der Waals surface area contributed by atoms with E-state index in [1.807, 2.05) is 13.0 Å². The fraction of sp³-hybridized carbons (Fsp3) is 0.600. The van der Waals surface area contributed by atoms with Crippen LogP contribution in [-0.4, -0.2) is 49.9 Å². The van der Waals surface area contributed by atoms with E-state index < -0.39 is 5.97 Å². The van der Waals surface area contributed by atoms with E-state index >= 15 is 0 Å². The summed E-state index contributed by atoms with van der Waals surface area (Å²) in [7, 11) is 0.